The quantitative estimate of drug-likeness (QED) is 0.568. The number of rotatable bonds is 4. The van der Waals surface area contributed by atoms with E-state index in [1.54, 1.807) is 0 Å². The molecule has 3 heteroatoms. The Hall–Kier alpha value is -1.35. The van der Waals surface area contributed by atoms with E-state index in [0.717, 1.165) is 5.56 Å². The Morgan fingerprint density at radius 2 is 2.07 bits per heavy atom. The third-order valence-electron chi connectivity index (χ3n) is 1.88. The van der Waals surface area contributed by atoms with E-state index in [2.05, 4.69) is 0 Å². The molecular weight excluding hydrogens is 178 g/mol. The SMILES string of the molecule is CCOC(=N)CC(O)c1ccccc1. The van der Waals surface area contributed by atoms with E-state index in [9.17, 15) is 5.11 Å². The second-order valence-corrected chi connectivity index (χ2v) is 2.99. The van der Waals surface area contributed by atoms with Crippen molar-refractivity contribution in [3.8, 4) is 0 Å². The largest absolute Gasteiger partial charge is 0.481 e. The maximum absolute atomic E-state index is 9.70. The molecule has 1 unspecified atom stereocenters. The summed E-state index contributed by atoms with van der Waals surface area (Å²) in [5.41, 5.74) is 0.817. The zero-order valence-corrected chi connectivity index (χ0v) is 8.23. The van der Waals surface area contributed by atoms with Crippen LogP contribution in [0.1, 0.15) is 25.0 Å². The zero-order valence-electron chi connectivity index (χ0n) is 8.23. The summed E-state index contributed by atoms with van der Waals surface area (Å²) < 4.78 is 4.96. The monoisotopic (exact) mass is 193 g/mol. The van der Waals surface area contributed by atoms with Crippen LogP contribution in [0.25, 0.3) is 0 Å². The average molecular weight is 193 g/mol. The summed E-state index contributed by atoms with van der Waals surface area (Å²) >= 11 is 0. The molecule has 76 valence electrons. The molecule has 0 fully saturated rings. The van der Waals surface area contributed by atoms with Gasteiger partial charge in [-0.15, -0.1) is 0 Å². The highest BCUT2D eigenvalue weighted by atomic mass is 16.5. The van der Waals surface area contributed by atoms with Crippen LogP contribution in [-0.2, 0) is 4.74 Å². The molecule has 2 N–H and O–H groups in total. The molecule has 0 heterocycles. The topological polar surface area (TPSA) is 53.3 Å². The minimum Gasteiger partial charge on any atom is -0.481 e. The fraction of sp³-hybridized carbons (Fsp3) is 0.364. The van der Waals surface area contributed by atoms with E-state index in [1.165, 1.54) is 0 Å². The Kier molecular flexibility index (Phi) is 4.13. The van der Waals surface area contributed by atoms with Gasteiger partial charge in [0.1, 0.15) is 0 Å². The van der Waals surface area contributed by atoms with E-state index in [-0.39, 0.29) is 12.3 Å². The Labute approximate surface area is 83.8 Å². The summed E-state index contributed by atoms with van der Waals surface area (Å²) in [5.74, 6) is 0.129. The molecule has 1 atom stereocenters. The first-order valence-corrected chi connectivity index (χ1v) is 4.67. The summed E-state index contributed by atoms with van der Waals surface area (Å²) in [7, 11) is 0. The molecule has 0 aliphatic rings. The van der Waals surface area contributed by atoms with Crippen molar-refractivity contribution >= 4 is 5.90 Å². The van der Waals surface area contributed by atoms with Crippen LogP contribution in [0, 0.1) is 5.41 Å². The molecule has 0 aromatic heterocycles. The molecule has 1 aromatic carbocycles. The molecule has 14 heavy (non-hydrogen) atoms. The molecular formula is C11H15NO2. The van der Waals surface area contributed by atoms with Gasteiger partial charge in [-0.1, -0.05) is 30.3 Å². The molecule has 3 nitrogen and oxygen atoms in total. The predicted octanol–water partition coefficient (Wildman–Crippen LogP) is 2.12. The number of aliphatic hydroxyl groups is 1. The van der Waals surface area contributed by atoms with Gasteiger partial charge < -0.3 is 9.84 Å². The summed E-state index contributed by atoms with van der Waals surface area (Å²) in [4.78, 5) is 0. The van der Waals surface area contributed by atoms with E-state index in [4.69, 9.17) is 10.1 Å². The molecule has 0 saturated carbocycles. The lowest BCUT2D eigenvalue weighted by Gasteiger charge is -2.11. The second-order valence-electron chi connectivity index (χ2n) is 2.99. The molecule has 0 aliphatic carbocycles. The fourth-order valence-corrected chi connectivity index (χ4v) is 1.20. The van der Waals surface area contributed by atoms with Crippen molar-refractivity contribution in [1.82, 2.24) is 0 Å². The van der Waals surface area contributed by atoms with Crippen molar-refractivity contribution in [1.29, 1.82) is 5.41 Å². The lowest BCUT2D eigenvalue weighted by molar-refractivity contribution is 0.173. The Morgan fingerprint density at radius 3 is 2.64 bits per heavy atom. The van der Waals surface area contributed by atoms with Gasteiger partial charge in [-0.2, -0.15) is 0 Å². The van der Waals surface area contributed by atoms with Gasteiger partial charge in [-0.05, 0) is 12.5 Å². The van der Waals surface area contributed by atoms with E-state index < -0.39 is 6.10 Å². The first-order valence-electron chi connectivity index (χ1n) is 4.67. The minimum atomic E-state index is -0.643. The van der Waals surface area contributed by atoms with Crippen molar-refractivity contribution in [2.45, 2.75) is 19.4 Å². The maximum Gasteiger partial charge on any atom is 0.183 e. The number of aliphatic hydroxyl groups excluding tert-OH is 1. The molecule has 1 rings (SSSR count). The average Bonchev–Trinajstić information content (AvgIpc) is 2.19. The third kappa shape index (κ3) is 3.18. The van der Waals surface area contributed by atoms with Gasteiger partial charge >= 0.3 is 0 Å². The molecule has 0 bridgehead atoms. The first kappa shape index (κ1) is 10.7. The van der Waals surface area contributed by atoms with Crippen LogP contribution in [0.4, 0.5) is 0 Å². The van der Waals surface area contributed by atoms with Crippen LogP contribution in [0.2, 0.25) is 0 Å². The number of nitrogens with one attached hydrogen (secondary N) is 1. The smallest absolute Gasteiger partial charge is 0.183 e. The molecule has 0 amide bonds. The summed E-state index contributed by atoms with van der Waals surface area (Å²) in [6, 6.07) is 9.30. The van der Waals surface area contributed by atoms with Gasteiger partial charge in [0.05, 0.1) is 19.1 Å². The standard InChI is InChI=1S/C11H15NO2/c1-2-14-11(12)8-10(13)9-6-4-3-5-7-9/h3-7,10,12-13H,2,8H2,1H3. The normalized spacial score (nSPS) is 12.1. The minimum absolute atomic E-state index is 0.129. The highest BCUT2D eigenvalue weighted by Gasteiger charge is 2.10. The molecule has 0 saturated heterocycles. The predicted molar refractivity (Wildman–Crippen MR) is 55.4 cm³/mol. The van der Waals surface area contributed by atoms with Gasteiger partial charge in [0.2, 0.25) is 0 Å². The van der Waals surface area contributed by atoms with Gasteiger partial charge in [-0.3, -0.25) is 5.41 Å². The molecule has 0 radical (unpaired) electrons. The van der Waals surface area contributed by atoms with Crippen LogP contribution >= 0.6 is 0 Å². The van der Waals surface area contributed by atoms with Crippen molar-refractivity contribution in [2.24, 2.45) is 0 Å². The van der Waals surface area contributed by atoms with Gasteiger partial charge in [0.15, 0.2) is 5.90 Å². The van der Waals surface area contributed by atoms with Crippen LogP contribution in [0.15, 0.2) is 30.3 Å². The lowest BCUT2D eigenvalue weighted by atomic mass is 10.1. The van der Waals surface area contributed by atoms with Gasteiger partial charge in [0.25, 0.3) is 0 Å². The van der Waals surface area contributed by atoms with Crippen molar-refractivity contribution in [3.63, 3.8) is 0 Å². The Bertz CT molecular complexity index is 285. The van der Waals surface area contributed by atoms with E-state index in [0.29, 0.717) is 6.61 Å². The molecule has 0 spiro atoms. The highest BCUT2D eigenvalue weighted by Crippen LogP contribution is 2.16. The first-order chi connectivity index (χ1) is 6.74. The zero-order chi connectivity index (χ0) is 10.4. The van der Waals surface area contributed by atoms with Crippen molar-refractivity contribution < 1.29 is 9.84 Å². The highest BCUT2D eigenvalue weighted by molar-refractivity contribution is 5.73. The fourth-order valence-electron chi connectivity index (χ4n) is 1.20. The number of benzene rings is 1. The number of hydrogen-bond donors (Lipinski definition) is 2. The third-order valence-corrected chi connectivity index (χ3v) is 1.88. The van der Waals surface area contributed by atoms with Crippen LogP contribution < -0.4 is 0 Å². The van der Waals surface area contributed by atoms with Gasteiger partial charge in [0, 0.05) is 0 Å². The van der Waals surface area contributed by atoms with Crippen molar-refractivity contribution in [2.75, 3.05) is 6.61 Å². The molecule has 1 aromatic rings. The van der Waals surface area contributed by atoms with Crippen LogP contribution in [0.3, 0.4) is 0 Å². The van der Waals surface area contributed by atoms with E-state index >= 15 is 0 Å². The summed E-state index contributed by atoms with van der Waals surface area (Å²) in [5, 5.41) is 17.1. The second kappa shape index (κ2) is 5.40. The maximum atomic E-state index is 9.70. The Balaban J connectivity index is 2.50. The molecule has 0 aliphatic heterocycles. The number of ether oxygens (including phenoxy) is 1. The van der Waals surface area contributed by atoms with E-state index in [1.807, 2.05) is 37.3 Å². The Morgan fingerprint density at radius 1 is 1.43 bits per heavy atom. The number of hydrogen-bond acceptors (Lipinski definition) is 3. The van der Waals surface area contributed by atoms with Crippen LogP contribution in [-0.4, -0.2) is 17.6 Å². The van der Waals surface area contributed by atoms with Crippen LogP contribution in [0.5, 0.6) is 0 Å². The van der Waals surface area contributed by atoms with Gasteiger partial charge in [-0.25, -0.2) is 0 Å². The van der Waals surface area contributed by atoms with Crippen molar-refractivity contribution in [3.05, 3.63) is 35.9 Å². The summed E-state index contributed by atoms with van der Waals surface area (Å²) in [6.07, 6.45) is -0.409. The lowest BCUT2D eigenvalue weighted by Crippen LogP contribution is -2.09. The summed E-state index contributed by atoms with van der Waals surface area (Å²) in [6.45, 7) is 2.30.